The van der Waals surface area contributed by atoms with Crippen LogP contribution in [-0.4, -0.2) is 196 Å². The van der Waals surface area contributed by atoms with Crippen molar-refractivity contribution in [2.75, 3.05) is 27.3 Å². The number of methoxy groups -OCH3 is 1. The van der Waals surface area contributed by atoms with E-state index in [0.717, 1.165) is 0 Å². The number of alkyl halides is 2. The first-order valence-electron chi connectivity index (χ1n) is 26.4. The lowest BCUT2D eigenvalue weighted by atomic mass is 9.74. The van der Waals surface area contributed by atoms with E-state index < -0.39 is 154 Å². The minimum atomic E-state index is -2.07. The SMILES string of the molecule is CC[C@H]1OC(=O)[C@H](C)[C@@H](O[C@H]2C[C@@](C)(OC)[C@@H](O)[C@H](C)O2)[C@H](C)[C@@H](O[C@@H]2O[C@H](C)C[C@H](N(C)CCCc3cn(C(c4ccc([N+](=O)[O-])cc4)C(CO)NC(=O)C(Cl)Cl)nn3)[C@H]2O)[C@](C)(O)C[C@@H](C)C(=O)[C@H](C)[C@@H](O)[C@]1(C)O. The van der Waals surface area contributed by atoms with Crippen molar-refractivity contribution in [1.82, 2.24) is 25.2 Å². The van der Waals surface area contributed by atoms with Crippen LogP contribution in [0.1, 0.15) is 119 Å². The number of rotatable bonds is 18. The Balaban J connectivity index is 1.43. The van der Waals surface area contributed by atoms with E-state index in [1.54, 1.807) is 47.7 Å². The van der Waals surface area contributed by atoms with Crippen LogP contribution in [0.5, 0.6) is 0 Å². The lowest BCUT2D eigenvalue weighted by Gasteiger charge is -2.49. The molecule has 25 heteroatoms. The predicted molar refractivity (Wildman–Crippen MR) is 279 cm³/mol. The van der Waals surface area contributed by atoms with Crippen LogP contribution in [0, 0.1) is 33.8 Å². The number of non-ortho nitro benzene ring substituents is 1. The Kier molecular flexibility index (Phi) is 22.4. The van der Waals surface area contributed by atoms with Gasteiger partial charge in [-0.1, -0.05) is 56.1 Å². The maximum Gasteiger partial charge on any atom is 0.311 e. The van der Waals surface area contributed by atoms with Gasteiger partial charge in [0.2, 0.25) is 0 Å². The molecule has 3 saturated heterocycles. The number of hydrogen-bond donors (Lipinski definition) is 7. The normalized spacial score (nSPS) is 37.7. The van der Waals surface area contributed by atoms with Crippen LogP contribution in [0.2, 0.25) is 0 Å². The number of Topliss-reactive ketones (excluding diaryl/α,β-unsaturated/α-hetero) is 1. The zero-order valence-corrected chi connectivity index (χ0v) is 47.6. The molecular weight excluding hydrogens is 1050 g/mol. The third-order valence-electron chi connectivity index (χ3n) is 16.1. The van der Waals surface area contributed by atoms with Crippen molar-refractivity contribution in [1.29, 1.82) is 0 Å². The number of aliphatic hydroxyl groups is 6. The van der Waals surface area contributed by atoms with Gasteiger partial charge in [-0.2, -0.15) is 0 Å². The number of aliphatic hydroxyl groups excluding tert-OH is 4. The number of carbonyl (C=O) groups is 3. The third-order valence-corrected chi connectivity index (χ3v) is 16.5. The molecule has 3 fully saturated rings. The second kappa shape index (κ2) is 26.8. The van der Waals surface area contributed by atoms with Gasteiger partial charge in [-0.25, -0.2) is 4.68 Å². The number of nitrogens with zero attached hydrogens (tertiary/aromatic N) is 5. The van der Waals surface area contributed by atoms with Crippen molar-refractivity contribution >= 4 is 46.5 Å². The van der Waals surface area contributed by atoms with Crippen molar-refractivity contribution in [3.63, 3.8) is 0 Å². The van der Waals surface area contributed by atoms with Crippen LogP contribution in [-0.2, 0) is 49.2 Å². The van der Waals surface area contributed by atoms with E-state index in [4.69, 9.17) is 51.6 Å². The number of likely N-dealkylation sites (N-methyl/N-ethyl adjacent to an activating group) is 1. The number of cyclic esters (lactones) is 1. The highest BCUT2D eigenvalue weighted by atomic mass is 35.5. The van der Waals surface area contributed by atoms with Crippen LogP contribution in [0.25, 0.3) is 0 Å². The fourth-order valence-electron chi connectivity index (χ4n) is 11.4. The summed E-state index contributed by atoms with van der Waals surface area (Å²) in [4.78, 5) is 52.5. The molecule has 0 radical (unpaired) electrons. The number of amides is 1. The molecule has 23 nitrogen and oxygen atoms in total. The molecule has 1 aromatic heterocycles. The Bertz CT molecular complexity index is 2280. The summed E-state index contributed by atoms with van der Waals surface area (Å²) in [6.45, 7) is 15.8. The van der Waals surface area contributed by atoms with Gasteiger partial charge in [-0.05, 0) is 105 Å². The monoisotopic (exact) mass is 1130 g/mol. The second-order valence-corrected chi connectivity index (χ2v) is 23.3. The average molecular weight is 1130 g/mol. The predicted octanol–water partition coefficient (Wildman–Crippen LogP) is 3.16. The number of carbonyl (C=O) groups excluding carboxylic acids is 3. The number of nitrogens with one attached hydrogen (secondary N) is 1. The molecule has 77 heavy (non-hydrogen) atoms. The highest BCUT2D eigenvalue weighted by Crippen LogP contribution is 2.41. The van der Waals surface area contributed by atoms with Crippen LogP contribution < -0.4 is 5.32 Å². The number of ether oxygens (including phenoxy) is 6. The zero-order valence-electron chi connectivity index (χ0n) is 46.1. The minimum Gasteiger partial charge on any atom is -0.459 e. The maximum absolute atomic E-state index is 14.4. The molecule has 3 aliphatic heterocycles. The molecule has 5 rings (SSSR count). The summed E-state index contributed by atoms with van der Waals surface area (Å²) in [5.74, 6) is -6.29. The van der Waals surface area contributed by atoms with E-state index in [-0.39, 0.29) is 24.9 Å². The van der Waals surface area contributed by atoms with Crippen molar-refractivity contribution in [3.8, 4) is 0 Å². The van der Waals surface area contributed by atoms with Gasteiger partial charge in [0.1, 0.15) is 35.7 Å². The summed E-state index contributed by atoms with van der Waals surface area (Å²) < 4.78 is 39.2. The number of aromatic nitrogens is 3. The van der Waals surface area contributed by atoms with Gasteiger partial charge in [-0.3, -0.25) is 24.5 Å². The number of benzene rings is 1. The van der Waals surface area contributed by atoms with Gasteiger partial charge in [0.25, 0.3) is 11.6 Å². The average Bonchev–Trinajstić information content (AvgIpc) is 3.84. The molecular formula is C52H82Cl2N6O17. The number of hydrogen-bond acceptors (Lipinski definition) is 20. The highest BCUT2D eigenvalue weighted by molar-refractivity contribution is 6.53. The Morgan fingerprint density at radius 1 is 1.00 bits per heavy atom. The summed E-state index contributed by atoms with van der Waals surface area (Å²) in [7, 11) is 3.28. The molecule has 4 heterocycles. The molecule has 0 bridgehead atoms. The van der Waals surface area contributed by atoms with Gasteiger partial charge in [-0.15, -0.1) is 5.10 Å². The van der Waals surface area contributed by atoms with E-state index >= 15 is 0 Å². The van der Waals surface area contributed by atoms with Crippen molar-refractivity contribution < 1.29 is 78.4 Å². The van der Waals surface area contributed by atoms with Crippen LogP contribution >= 0.6 is 23.2 Å². The molecule has 0 aliphatic carbocycles. The number of nitro benzene ring substituents is 1. The first-order chi connectivity index (χ1) is 35.9. The Labute approximate surface area is 460 Å². The Morgan fingerprint density at radius 3 is 2.23 bits per heavy atom. The highest BCUT2D eigenvalue weighted by Gasteiger charge is 2.54. The maximum atomic E-state index is 14.4. The number of nitro groups is 1. The molecule has 2 aromatic rings. The Morgan fingerprint density at radius 2 is 1.65 bits per heavy atom. The molecule has 1 amide bonds. The lowest BCUT2D eigenvalue weighted by molar-refractivity contribution is -0.384. The first-order valence-corrected chi connectivity index (χ1v) is 27.2. The number of aryl methyl sites for hydroxylation is 1. The van der Waals surface area contributed by atoms with Gasteiger partial charge in [0, 0.05) is 55.7 Å². The van der Waals surface area contributed by atoms with E-state index in [1.165, 1.54) is 56.8 Å². The van der Waals surface area contributed by atoms with Gasteiger partial charge >= 0.3 is 5.97 Å². The molecule has 1 aromatic carbocycles. The topological polar surface area (TPSA) is 317 Å². The van der Waals surface area contributed by atoms with Crippen LogP contribution in [0.3, 0.4) is 0 Å². The van der Waals surface area contributed by atoms with E-state index in [1.807, 2.05) is 18.9 Å². The van der Waals surface area contributed by atoms with Crippen molar-refractivity contribution in [2.24, 2.45) is 23.7 Å². The molecule has 436 valence electrons. The summed E-state index contributed by atoms with van der Waals surface area (Å²) in [6, 6.07) is 3.08. The Hall–Kier alpha value is -3.53. The van der Waals surface area contributed by atoms with Crippen molar-refractivity contribution in [2.45, 2.75) is 209 Å². The largest absolute Gasteiger partial charge is 0.459 e. The fourth-order valence-corrected chi connectivity index (χ4v) is 11.5. The minimum absolute atomic E-state index is 0.0229. The summed E-state index contributed by atoms with van der Waals surface area (Å²) in [5.41, 5.74) is -4.30. The summed E-state index contributed by atoms with van der Waals surface area (Å²) >= 11 is 11.6. The molecule has 0 saturated carbocycles. The molecule has 2 unspecified atom stereocenters. The fraction of sp³-hybridized carbons (Fsp3) is 0.788. The van der Waals surface area contributed by atoms with Gasteiger partial charge < -0.3 is 69.3 Å². The molecule has 20 atom stereocenters. The van der Waals surface area contributed by atoms with Crippen LogP contribution in [0.15, 0.2) is 30.5 Å². The van der Waals surface area contributed by atoms with E-state index in [2.05, 4.69) is 15.6 Å². The van der Waals surface area contributed by atoms with Gasteiger partial charge in [0.05, 0.1) is 70.9 Å². The first kappa shape index (κ1) is 64.3. The number of ketones is 1. The molecule has 3 aliphatic rings. The summed E-state index contributed by atoms with van der Waals surface area (Å²) in [5, 5.41) is 92.4. The van der Waals surface area contributed by atoms with E-state index in [0.29, 0.717) is 37.1 Å². The quantitative estimate of drug-likeness (QED) is 0.0488. The van der Waals surface area contributed by atoms with Crippen LogP contribution in [0.4, 0.5) is 5.69 Å². The zero-order chi connectivity index (χ0) is 57.6. The smallest absolute Gasteiger partial charge is 0.311 e. The lowest BCUT2D eigenvalue weighted by Crippen LogP contribution is -2.61. The second-order valence-electron chi connectivity index (χ2n) is 22.2. The molecule has 7 N–H and O–H groups in total. The standard InChI is InChI=1S/C52H82Cl2N6O17/c1-13-37-52(10,69)43(64)28(4)40(62)26(2)22-50(8,68)45(29(5)42(30(6)48(67)75-37)76-38-23-51(9,72-12)44(65)31(7)74-38)77-49-41(63)36(21-27(3)73-49)58(11)20-14-15-33-24-59(57-56-33)39(35(25-61)55-47(66)46(53)54)32-16-18-34(19-17-32)60(70)71/h16-19,24,26-31,35-39,41-46,49,61,63-65,68-69H,13-15,20-23,25H2,1-12H3,(H,55,66)/t26-,27-,28+,29+,30-,31+,35?,36+,37-,38+,39?,41-,42+,43-,44+,45-,49+,50-,51-,52-/m1/s1. The number of esters is 1. The van der Waals surface area contributed by atoms with E-state index in [9.17, 15) is 55.1 Å². The van der Waals surface area contributed by atoms with Crippen molar-refractivity contribution in [3.05, 3.63) is 51.8 Å². The summed E-state index contributed by atoms with van der Waals surface area (Å²) in [6.07, 6.45) is -8.82. The van der Waals surface area contributed by atoms with Gasteiger partial charge in [0.15, 0.2) is 17.4 Å². The number of halogens is 2. The third kappa shape index (κ3) is 15.1. The molecule has 0 spiro atoms.